The zero-order valence-corrected chi connectivity index (χ0v) is 13.8. The summed E-state index contributed by atoms with van der Waals surface area (Å²) in [6.45, 7) is 4.83. The summed E-state index contributed by atoms with van der Waals surface area (Å²) in [7, 11) is 2.08. The number of likely N-dealkylation sites (N-methyl/N-ethyl adjacent to an activating group) is 1. The lowest BCUT2D eigenvalue weighted by Crippen LogP contribution is -2.44. The van der Waals surface area contributed by atoms with Crippen molar-refractivity contribution in [3.05, 3.63) is 30.6 Å². The molecule has 1 aliphatic rings. The zero-order valence-electron chi connectivity index (χ0n) is 13.8. The van der Waals surface area contributed by atoms with Crippen LogP contribution in [-0.2, 0) is 0 Å². The highest BCUT2D eigenvalue weighted by Gasteiger charge is 2.23. The van der Waals surface area contributed by atoms with Crippen LogP contribution < -0.4 is 4.90 Å². The van der Waals surface area contributed by atoms with Crippen LogP contribution in [0.4, 0.5) is 5.82 Å². The first-order chi connectivity index (χ1) is 11.2. The number of piperidine rings is 1. The van der Waals surface area contributed by atoms with E-state index < -0.39 is 0 Å². The lowest BCUT2D eigenvalue weighted by molar-refractivity contribution is 0.161. The maximum absolute atomic E-state index is 9.06. The fraction of sp³-hybridized carbons (Fsp3) is 0.562. The molecule has 0 saturated carbocycles. The molecular weight excluding hydrogens is 292 g/mol. The van der Waals surface area contributed by atoms with Crippen LogP contribution in [0.3, 0.4) is 0 Å². The van der Waals surface area contributed by atoms with Crippen LogP contribution in [-0.4, -0.2) is 68.9 Å². The minimum Gasteiger partial charge on any atom is -0.395 e. The monoisotopic (exact) mass is 316 g/mol. The second-order valence-electron chi connectivity index (χ2n) is 6.00. The molecule has 23 heavy (non-hydrogen) atoms. The molecule has 124 valence electrons. The second kappa shape index (κ2) is 7.06. The molecule has 1 saturated heterocycles. The Balaban J connectivity index is 1.68. The van der Waals surface area contributed by atoms with Crippen LogP contribution in [0.2, 0.25) is 0 Å². The van der Waals surface area contributed by atoms with E-state index in [0.29, 0.717) is 6.04 Å². The molecule has 7 heteroatoms. The number of anilines is 1. The number of aryl methyl sites for hydroxylation is 1. The largest absolute Gasteiger partial charge is 0.395 e. The van der Waals surface area contributed by atoms with Gasteiger partial charge in [0.2, 0.25) is 0 Å². The van der Waals surface area contributed by atoms with Crippen molar-refractivity contribution in [1.82, 2.24) is 24.4 Å². The molecule has 2 aromatic heterocycles. The number of aliphatic hydroxyl groups excluding tert-OH is 1. The third kappa shape index (κ3) is 3.51. The first-order valence-corrected chi connectivity index (χ1v) is 8.07. The normalized spacial score (nSPS) is 16.3. The predicted octanol–water partition coefficient (Wildman–Crippen LogP) is 0.864. The number of imidazole rings is 1. The van der Waals surface area contributed by atoms with Gasteiger partial charge in [-0.05, 0) is 26.8 Å². The summed E-state index contributed by atoms with van der Waals surface area (Å²) in [4.78, 5) is 17.8. The highest BCUT2D eigenvalue weighted by atomic mass is 16.3. The van der Waals surface area contributed by atoms with Gasteiger partial charge in [-0.2, -0.15) is 0 Å². The number of hydrogen-bond donors (Lipinski definition) is 1. The van der Waals surface area contributed by atoms with Gasteiger partial charge < -0.3 is 14.9 Å². The summed E-state index contributed by atoms with van der Waals surface area (Å²) < 4.78 is 1.94. The van der Waals surface area contributed by atoms with Gasteiger partial charge in [-0.3, -0.25) is 9.55 Å². The quantitative estimate of drug-likeness (QED) is 0.882. The summed E-state index contributed by atoms with van der Waals surface area (Å²) in [5, 5.41) is 9.06. The van der Waals surface area contributed by atoms with Crippen molar-refractivity contribution in [1.29, 1.82) is 0 Å². The van der Waals surface area contributed by atoms with Gasteiger partial charge in [-0.25, -0.2) is 9.97 Å². The van der Waals surface area contributed by atoms with E-state index in [4.69, 9.17) is 10.1 Å². The average molecular weight is 316 g/mol. The number of nitrogens with zero attached hydrogens (tertiary/aromatic N) is 6. The third-order valence-corrected chi connectivity index (χ3v) is 4.55. The predicted molar refractivity (Wildman–Crippen MR) is 88.8 cm³/mol. The highest BCUT2D eigenvalue weighted by Crippen LogP contribution is 2.21. The summed E-state index contributed by atoms with van der Waals surface area (Å²) in [5.41, 5.74) is 0. The molecule has 0 atom stereocenters. The van der Waals surface area contributed by atoms with Crippen LogP contribution >= 0.6 is 0 Å². The first-order valence-electron chi connectivity index (χ1n) is 8.07. The van der Waals surface area contributed by atoms with Gasteiger partial charge in [0.15, 0.2) is 5.82 Å². The molecule has 1 fully saturated rings. The van der Waals surface area contributed by atoms with Crippen molar-refractivity contribution < 1.29 is 5.11 Å². The van der Waals surface area contributed by atoms with Crippen LogP contribution in [0.15, 0.2) is 24.8 Å². The Morgan fingerprint density at radius 2 is 2.00 bits per heavy atom. The summed E-state index contributed by atoms with van der Waals surface area (Å²) in [6.07, 6.45) is 9.41. The second-order valence-corrected chi connectivity index (χ2v) is 6.00. The van der Waals surface area contributed by atoms with E-state index in [1.54, 1.807) is 12.4 Å². The van der Waals surface area contributed by atoms with E-state index in [-0.39, 0.29) is 6.61 Å². The van der Waals surface area contributed by atoms with Gasteiger partial charge in [0.1, 0.15) is 11.6 Å². The summed E-state index contributed by atoms with van der Waals surface area (Å²) in [5.74, 6) is 2.62. The summed E-state index contributed by atoms with van der Waals surface area (Å²) in [6, 6.07) is 0.533. The highest BCUT2D eigenvalue weighted by molar-refractivity contribution is 5.40. The number of aliphatic hydroxyl groups is 1. The standard InChI is InChI=1S/C16H24N6O/c1-13-18-5-8-22(13)16-12-17-11-15(19-16)21-6-3-14(4-7-21)20(2)9-10-23/h5,8,11-12,14,23H,3-4,6-7,9-10H2,1-2H3. The van der Waals surface area contributed by atoms with Gasteiger partial charge in [-0.15, -0.1) is 0 Å². The molecule has 0 aromatic carbocycles. The topological polar surface area (TPSA) is 70.3 Å². The maximum Gasteiger partial charge on any atom is 0.159 e. The molecule has 0 amide bonds. The van der Waals surface area contributed by atoms with Gasteiger partial charge in [0.05, 0.1) is 19.0 Å². The molecule has 7 nitrogen and oxygen atoms in total. The van der Waals surface area contributed by atoms with Gasteiger partial charge >= 0.3 is 0 Å². The Bertz CT molecular complexity index is 635. The minimum absolute atomic E-state index is 0.217. The fourth-order valence-electron chi connectivity index (χ4n) is 3.11. The van der Waals surface area contributed by atoms with Crippen molar-refractivity contribution in [2.75, 3.05) is 38.2 Å². The van der Waals surface area contributed by atoms with Gasteiger partial charge in [-0.1, -0.05) is 0 Å². The number of hydrogen-bond acceptors (Lipinski definition) is 6. The van der Waals surface area contributed by atoms with Crippen molar-refractivity contribution >= 4 is 5.82 Å². The van der Waals surface area contributed by atoms with E-state index in [2.05, 4.69) is 26.8 Å². The SMILES string of the molecule is Cc1nccn1-c1cncc(N2CCC(N(C)CCO)CC2)n1. The molecule has 0 radical (unpaired) electrons. The average Bonchev–Trinajstić information content (AvgIpc) is 3.01. The van der Waals surface area contributed by atoms with Crippen molar-refractivity contribution in [3.8, 4) is 5.82 Å². The Labute approximate surface area is 136 Å². The molecule has 0 unspecified atom stereocenters. The Hall–Kier alpha value is -1.99. The lowest BCUT2D eigenvalue weighted by atomic mass is 10.0. The van der Waals surface area contributed by atoms with Crippen LogP contribution in [0.1, 0.15) is 18.7 Å². The van der Waals surface area contributed by atoms with Crippen LogP contribution in [0, 0.1) is 6.92 Å². The van der Waals surface area contributed by atoms with Crippen LogP contribution in [0.5, 0.6) is 0 Å². The van der Waals surface area contributed by atoms with Crippen molar-refractivity contribution in [2.45, 2.75) is 25.8 Å². The Morgan fingerprint density at radius 3 is 2.65 bits per heavy atom. The van der Waals surface area contributed by atoms with E-state index >= 15 is 0 Å². The van der Waals surface area contributed by atoms with Crippen LogP contribution in [0.25, 0.3) is 5.82 Å². The van der Waals surface area contributed by atoms with E-state index in [1.165, 1.54) is 0 Å². The molecule has 0 spiro atoms. The molecular formula is C16H24N6O. The molecule has 0 aliphatic carbocycles. The molecule has 0 bridgehead atoms. The zero-order chi connectivity index (χ0) is 16.2. The van der Waals surface area contributed by atoms with Gasteiger partial charge in [0, 0.05) is 38.1 Å². The van der Waals surface area contributed by atoms with Crippen molar-refractivity contribution in [2.24, 2.45) is 0 Å². The molecule has 1 N–H and O–H groups in total. The smallest absolute Gasteiger partial charge is 0.159 e. The third-order valence-electron chi connectivity index (χ3n) is 4.55. The van der Waals surface area contributed by atoms with E-state index in [0.717, 1.165) is 49.9 Å². The maximum atomic E-state index is 9.06. The van der Waals surface area contributed by atoms with Crippen molar-refractivity contribution in [3.63, 3.8) is 0 Å². The van der Waals surface area contributed by atoms with E-state index in [9.17, 15) is 0 Å². The molecule has 3 heterocycles. The van der Waals surface area contributed by atoms with E-state index in [1.807, 2.05) is 23.9 Å². The Morgan fingerprint density at radius 1 is 1.26 bits per heavy atom. The van der Waals surface area contributed by atoms with Gasteiger partial charge in [0.25, 0.3) is 0 Å². The first kappa shape index (κ1) is 15.9. The fourth-order valence-corrected chi connectivity index (χ4v) is 3.11. The number of rotatable bonds is 5. The Kier molecular flexibility index (Phi) is 4.88. The molecule has 2 aromatic rings. The summed E-state index contributed by atoms with van der Waals surface area (Å²) >= 11 is 0. The minimum atomic E-state index is 0.217. The molecule has 1 aliphatic heterocycles. The lowest BCUT2D eigenvalue weighted by Gasteiger charge is -2.37. The molecule has 3 rings (SSSR count). The number of aromatic nitrogens is 4.